The summed E-state index contributed by atoms with van der Waals surface area (Å²) < 4.78 is 7.25. The number of hydrogen-bond donors (Lipinski definition) is 1. The van der Waals surface area contributed by atoms with Gasteiger partial charge in [0.15, 0.2) is 0 Å². The molecule has 1 saturated heterocycles. The zero-order valence-electron chi connectivity index (χ0n) is 14.6. The molecule has 136 valence electrons. The number of aromatic nitrogens is 1. The number of nitrogens with one attached hydrogen (secondary N) is 1. The van der Waals surface area contributed by atoms with Crippen molar-refractivity contribution in [1.29, 1.82) is 0 Å². The predicted molar refractivity (Wildman–Crippen MR) is 97.8 cm³/mol. The van der Waals surface area contributed by atoms with Crippen LogP contribution in [0.1, 0.15) is 43.2 Å². The van der Waals surface area contributed by atoms with Gasteiger partial charge in [-0.05, 0) is 45.0 Å². The number of amides is 1. The first-order chi connectivity index (χ1) is 12.1. The van der Waals surface area contributed by atoms with Crippen molar-refractivity contribution in [3.8, 4) is 0 Å². The van der Waals surface area contributed by atoms with Crippen LogP contribution in [0.3, 0.4) is 0 Å². The van der Waals surface area contributed by atoms with Gasteiger partial charge in [0, 0.05) is 30.6 Å². The van der Waals surface area contributed by atoms with E-state index in [9.17, 15) is 9.59 Å². The average Bonchev–Trinajstić information content (AvgIpc) is 3.25. The van der Waals surface area contributed by atoms with Crippen molar-refractivity contribution >= 4 is 17.2 Å². The van der Waals surface area contributed by atoms with Crippen molar-refractivity contribution < 1.29 is 9.21 Å². The molecule has 7 heteroatoms. The highest BCUT2D eigenvalue weighted by molar-refractivity contribution is 7.07. The Morgan fingerprint density at radius 1 is 1.36 bits per heavy atom. The highest BCUT2D eigenvalue weighted by Gasteiger charge is 2.24. The number of rotatable bonds is 7. The molecule has 6 nitrogen and oxygen atoms in total. The van der Waals surface area contributed by atoms with Gasteiger partial charge in [-0.3, -0.25) is 14.5 Å². The SMILES string of the molecule is Cc1csc(=O)n1CCC(=O)NCC(c1ccco1)N1CCCCC1. The Balaban J connectivity index is 1.55. The van der Waals surface area contributed by atoms with E-state index in [-0.39, 0.29) is 16.8 Å². The molecular weight excluding hydrogens is 338 g/mol. The molecule has 0 bridgehead atoms. The van der Waals surface area contributed by atoms with Crippen molar-refractivity contribution in [3.63, 3.8) is 0 Å². The number of carbonyl (C=O) groups excluding carboxylic acids is 1. The molecule has 0 saturated carbocycles. The molecule has 1 amide bonds. The van der Waals surface area contributed by atoms with Crippen LogP contribution in [-0.2, 0) is 11.3 Å². The van der Waals surface area contributed by atoms with E-state index in [1.165, 1.54) is 30.6 Å². The van der Waals surface area contributed by atoms with Crippen LogP contribution in [0.25, 0.3) is 0 Å². The summed E-state index contributed by atoms with van der Waals surface area (Å²) in [6.45, 7) is 4.91. The van der Waals surface area contributed by atoms with Crippen LogP contribution in [0.5, 0.6) is 0 Å². The van der Waals surface area contributed by atoms with Gasteiger partial charge in [0.2, 0.25) is 5.91 Å². The summed E-state index contributed by atoms with van der Waals surface area (Å²) in [6.07, 6.45) is 5.63. The quantitative estimate of drug-likeness (QED) is 0.821. The molecule has 1 N–H and O–H groups in total. The summed E-state index contributed by atoms with van der Waals surface area (Å²) in [5, 5.41) is 4.84. The average molecular weight is 363 g/mol. The van der Waals surface area contributed by atoms with Gasteiger partial charge in [-0.1, -0.05) is 17.8 Å². The second kappa shape index (κ2) is 8.49. The fourth-order valence-electron chi connectivity index (χ4n) is 3.31. The van der Waals surface area contributed by atoms with E-state index in [0.29, 0.717) is 19.5 Å². The number of likely N-dealkylation sites (tertiary alicyclic amines) is 1. The molecule has 0 aromatic carbocycles. The molecule has 1 aliphatic rings. The molecule has 0 spiro atoms. The van der Waals surface area contributed by atoms with Crippen molar-refractivity contribution in [2.75, 3.05) is 19.6 Å². The lowest BCUT2D eigenvalue weighted by molar-refractivity contribution is -0.121. The van der Waals surface area contributed by atoms with Crippen LogP contribution < -0.4 is 10.2 Å². The number of thiazole rings is 1. The lowest BCUT2D eigenvalue weighted by Crippen LogP contribution is -2.40. The second-order valence-corrected chi connectivity index (χ2v) is 7.30. The monoisotopic (exact) mass is 363 g/mol. The zero-order valence-corrected chi connectivity index (χ0v) is 15.4. The normalized spacial score (nSPS) is 16.7. The summed E-state index contributed by atoms with van der Waals surface area (Å²) in [5.74, 6) is 0.859. The molecule has 2 aromatic rings. The first-order valence-corrected chi connectivity index (χ1v) is 9.72. The fraction of sp³-hybridized carbons (Fsp3) is 0.556. The van der Waals surface area contributed by atoms with Crippen LogP contribution >= 0.6 is 11.3 Å². The number of nitrogens with zero attached hydrogens (tertiary/aromatic N) is 2. The van der Waals surface area contributed by atoms with E-state index in [2.05, 4.69) is 10.2 Å². The van der Waals surface area contributed by atoms with Gasteiger partial charge in [-0.2, -0.15) is 0 Å². The molecule has 1 aliphatic heterocycles. The molecule has 0 radical (unpaired) electrons. The van der Waals surface area contributed by atoms with Crippen molar-refractivity contribution in [1.82, 2.24) is 14.8 Å². The topological polar surface area (TPSA) is 67.5 Å². The smallest absolute Gasteiger partial charge is 0.307 e. The maximum Gasteiger partial charge on any atom is 0.307 e. The van der Waals surface area contributed by atoms with Gasteiger partial charge in [0.1, 0.15) is 5.76 Å². The number of furan rings is 1. The number of hydrogen-bond acceptors (Lipinski definition) is 5. The van der Waals surface area contributed by atoms with Gasteiger partial charge >= 0.3 is 4.87 Å². The van der Waals surface area contributed by atoms with Gasteiger partial charge in [0.25, 0.3) is 0 Å². The molecule has 0 aliphatic carbocycles. The van der Waals surface area contributed by atoms with E-state index in [0.717, 1.165) is 24.5 Å². The Morgan fingerprint density at radius 3 is 2.80 bits per heavy atom. The third kappa shape index (κ3) is 4.61. The van der Waals surface area contributed by atoms with Crippen LogP contribution in [0.2, 0.25) is 0 Å². The Morgan fingerprint density at radius 2 is 2.16 bits per heavy atom. The van der Waals surface area contributed by atoms with Gasteiger partial charge in [-0.25, -0.2) is 0 Å². The second-order valence-electron chi connectivity index (χ2n) is 6.48. The molecule has 2 aromatic heterocycles. The lowest BCUT2D eigenvalue weighted by atomic mass is 10.1. The summed E-state index contributed by atoms with van der Waals surface area (Å²) >= 11 is 1.17. The Kier molecular flexibility index (Phi) is 6.09. The van der Waals surface area contributed by atoms with Gasteiger partial charge in [-0.15, -0.1) is 0 Å². The maximum absolute atomic E-state index is 12.2. The molecule has 3 rings (SSSR count). The van der Waals surface area contributed by atoms with E-state index in [1.54, 1.807) is 10.8 Å². The van der Waals surface area contributed by atoms with Crippen molar-refractivity contribution in [2.24, 2.45) is 0 Å². The number of piperidine rings is 1. The molecule has 1 fully saturated rings. The summed E-state index contributed by atoms with van der Waals surface area (Å²) in [4.78, 5) is 26.3. The fourth-order valence-corrected chi connectivity index (χ4v) is 4.07. The summed E-state index contributed by atoms with van der Waals surface area (Å²) in [6, 6.07) is 3.93. The maximum atomic E-state index is 12.2. The third-order valence-electron chi connectivity index (χ3n) is 4.73. The summed E-state index contributed by atoms with van der Waals surface area (Å²) in [7, 11) is 0. The first-order valence-electron chi connectivity index (χ1n) is 8.84. The molecule has 3 heterocycles. The molecule has 1 unspecified atom stereocenters. The van der Waals surface area contributed by atoms with Gasteiger partial charge < -0.3 is 14.3 Å². The van der Waals surface area contributed by atoms with Gasteiger partial charge in [0.05, 0.1) is 12.3 Å². The molecular formula is C18H25N3O3S. The number of carbonyl (C=O) groups is 1. The zero-order chi connectivity index (χ0) is 17.6. The van der Waals surface area contributed by atoms with Crippen LogP contribution in [-0.4, -0.2) is 35.0 Å². The minimum atomic E-state index is -0.0361. The highest BCUT2D eigenvalue weighted by Crippen LogP contribution is 2.24. The Labute approximate surface area is 151 Å². The van der Waals surface area contributed by atoms with E-state index in [1.807, 2.05) is 24.4 Å². The van der Waals surface area contributed by atoms with E-state index >= 15 is 0 Å². The Bertz CT molecular complexity index is 729. The molecule has 1 atom stereocenters. The van der Waals surface area contributed by atoms with E-state index in [4.69, 9.17) is 4.42 Å². The van der Waals surface area contributed by atoms with Crippen molar-refractivity contribution in [3.05, 3.63) is 44.9 Å². The number of aryl methyl sites for hydroxylation is 1. The first kappa shape index (κ1) is 17.9. The van der Waals surface area contributed by atoms with E-state index < -0.39 is 0 Å². The largest absolute Gasteiger partial charge is 0.468 e. The minimum absolute atomic E-state index is 0.00733. The summed E-state index contributed by atoms with van der Waals surface area (Å²) in [5.41, 5.74) is 0.907. The Hall–Kier alpha value is -1.86. The minimum Gasteiger partial charge on any atom is -0.468 e. The van der Waals surface area contributed by atoms with Crippen molar-refractivity contribution in [2.45, 2.75) is 45.2 Å². The standard InChI is InChI=1S/C18H25N3O3S/c1-14-13-25-18(23)21(14)10-7-17(22)19-12-15(16-6-5-11-24-16)20-8-3-2-4-9-20/h5-6,11,13,15H,2-4,7-10,12H2,1H3,(H,19,22). The molecule has 25 heavy (non-hydrogen) atoms. The lowest BCUT2D eigenvalue weighted by Gasteiger charge is -2.33. The third-order valence-corrected chi connectivity index (χ3v) is 5.62. The van der Waals surface area contributed by atoms with Crippen LogP contribution in [0, 0.1) is 6.92 Å². The van der Waals surface area contributed by atoms with Crippen LogP contribution in [0.15, 0.2) is 33.0 Å². The highest BCUT2D eigenvalue weighted by atomic mass is 32.1. The van der Waals surface area contributed by atoms with Crippen LogP contribution in [0.4, 0.5) is 0 Å². The predicted octanol–water partition coefficient (Wildman–Crippen LogP) is 2.54.